The minimum Gasteiger partial charge on any atom is -0.493 e. The van der Waals surface area contributed by atoms with Crippen molar-refractivity contribution >= 4 is 11.8 Å². The van der Waals surface area contributed by atoms with Gasteiger partial charge in [-0.2, -0.15) is 11.8 Å². The van der Waals surface area contributed by atoms with Crippen LogP contribution in [-0.4, -0.2) is 24.2 Å². The van der Waals surface area contributed by atoms with Crippen LogP contribution in [-0.2, 0) is 6.42 Å². The summed E-state index contributed by atoms with van der Waals surface area (Å²) in [6.45, 7) is 4.26. The molecule has 1 aliphatic heterocycles. The third-order valence-electron chi connectivity index (χ3n) is 4.89. The molecule has 1 heterocycles. The lowest BCUT2D eigenvalue weighted by Crippen LogP contribution is -2.44. The Morgan fingerprint density at radius 3 is 2.90 bits per heavy atom. The van der Waals surface area contributed by atoms with Crippen molar-refractivity contribution in [2.45, 2.75) is 49.8 Å². The predicted molar refractivity (Wildman–Crippen MR) is 86.8 cm³/mol. The first kappa shape index (κ1) is 14.3. The van der Waals surface area contributed by atoms with Gasteiger partial charge in [0.2, 0.25) is 0 Å². The van der Waals surface area contributed by atoms with Crippen LogP contribution in [0, 0.1) is 0 Å². The molecule has 0 radical (unpaired) electrons. The molecule has 2 nitrogen and oxygen atoms in total. The fraction of sp³-hybridized carbons (Fsp3) is 0.647. The van der Waals surface area contributed by atoms with Crippen LogP contribution < -0.4 is 10.1 Å². The molecule has 2 aliphatic rings. The monoisotopic (exact) mass is 291 g/mol. The highest BCUT2D eigenvalue weighted by molar-refractivity contribution is 8.00. The maximum absolute atomic E-state index is 5.60. The number of hydrogen-bond donors (Lipinski definition) is 1. The van der Waals surface area contributed by atoms with E-state index in [2.05, 4.69) is 36.7 Å². The largest absolute Gasteiger partial charge is 0.493 e. The molecule has 1 saturated carbocycles. The molecule has 0 bridgehead atoms. The second kappa shape index (κ2) is 5.98. The average Bonchev–Trinajstić information content (AvgIpc) is 2.89. The van der Waals surface area contributed by atoms with E-state index in [4.69, 9.17) is 4.74 Å². The second-order valence-electron chi connectivity index (χ2n) is 6.05. The summed E-state index contributed by atoms with van der Waals surface area (Å²) in [4.78, 5) is 0. The van der Waals surface area contributed by atoms with Gasteiger partial charge in [0, 0.05) is 23.8 Å². The molecule has 3 rings (SSSR count). The van der Waals surface area contributed by atoms with Crippen LogP contribution >= 0.6 is 11.8 Å². The van der Waals surface area contributed by atoms with E-state index >= 15 is 0 Å². The van der Waals surface area contributed by atoms with Crippen molar-refractivity contribution in [3.8, 4) is 5.75 Å². The SMILES string of the molecule is CCC(NCC1(SC)CCC1)c1ccc2c(c1)CCO2. The van der Waals surface area contributed by atoms with E-state index in [1.54, 1.807) is 0 Å². The zero-order valence-electron chi connectivity index (χ0n) is 12.6. The van der Waals surface area contributed by atoms with Gasteiger partial charge in [0.1, 0.15) is 5.75 Å². The highest BCUT2D eigenvalue weighted by atomic mass is 32.2. The van der Waals surface area contributed by atoms with Gasteiger partial charge in [-0.3, -0.25) is 0 Å². The minimum absolute atomic E-state index is 0.477. The van der Waals surface area contributed by atoms with Gasteiger partial charge >= 0.3 is 0 Å². The Hall–Kier alpha value is -0.670. The summed E-state index contributed by atoms with van der Waals surface area (Å²) in [7, 11) is 0. The third-order valence-corrected chi connectivity index (χ3v) is 6.31. The maximum Gasteiger partial charge on any atom is 0.122 e. The summed E-state index contributed by atoms with van der Waals surface area (Å²) in [5.41, 5.74) is 2.80. The van der Waals surface area contributed by atoms with Crippen molar-refractivity contribution in [3.63, 3.8) is 0 Å². The lowest BCUT2D eigenvalue weighted by molar-refractivity contribution is 0.328. The molecular formula is C17H25NOS. The Morgan fingerprint density at radius 1 is 1.40 bits per heavy atom. The van der Waals surface area contributed by atoms with Gasteiger partial charge < -0.3 is 10.1 Å². The van der Waals surface area contributed by atoms with E-state index in [1.165, 1.54) is 30.4 Å². The van der Waals surface area contributed by atoms with Crippen LogP contribution in [0.4, 0.5) is 0 Å². The summed E-state index contributed by atoms with van der Waals surface area (Å²) in [5, 5.41) is 3.81. The van der Waals surface area contributed by atoms with Crippen molar-refractivity contribution in [2.24, 2.45) is 0 Å². The Bertz CT molecular complexity index is 465. The van der Waals surface area contributed by atoms with E-state index in [0.29, 0.717) is 10.8 Å². The number of rotatable bonds is 6. The molecule has 3 heteroatoms. The molecule has 1 atom stereocenters. The Kier molecular flexibility index (Phi) is 4.27. The van der Waals surface area contributed by atoms with Gasteiger partial charge in [0.05, 0.1) is 6.61 Å². The number of hydrogen-bond acceptors (Lipinski definition) is 3. The lowest BCUT2D eigenvalue weighted by Gasteiger charge is -2.41. The molecule has 0 saturated heterocycles. The molecule has 1 aromatic carbocycles. The first-order chi connectivity index (χ1) is 9.76. The zero-order chi connectivity index (χ0) is 14.0. The van der Waals surface area contributed by atoms with Crippen molar-refractivity contribution in [3.05, 3.63) is 29.3 Å². The molecule has 20 heavy (non-hydrogen) atoms. The Balaban J connectivity index is 1.67. The van der Waals surface area contributed by atoms with Gasteiger partial charge in [0.15, 0.2) is 0 Å². The highest BCUT2D eigenvalue weighted by Gasteiger charge is 2.36. The summed E-state index contributed by atoms with van der Waals surface area (Å²) in [5.74, 6) is 1.09. The normalized spacial score (nSPS) is 20.9. The first-order valence-electron chi connectivity index (χ1n) is 7.80. The van der Waals surface area contributed by atoms with Crippen LogP contribution in [0.1, 0.15) is 49.8 Å². The smallest absolute Gasteiger partial charge is 0.122 e. The van der Waals surface area contributed by atoms with Crippen LogP contribution in [0.15, 0.2) is 18.2 Å². The number of benzene rings is 1. The summed E-state index contributed by atoms with van der Waals surface area (Å²) in [6.07, 6.45) is 8.60. The molecule has 0 aromatic heterocycles. The van der Waals surface area contributed by atoms with Gasteiger partial charge in [-0.1, -0.05) is 25.5 Å². The Morgan fingerprint density at radius 2 is 2.25 bits per heavy atom. The van der Waals surface area contributed by atoms with E-state index in [-0.39, 0.29) is 0 Å². The van der Waals surface area contributed by atoms with Crippen molar-refractivity contribution in [1.29, 1.82) is 0 Å². The standard InChI is InChI=1S/C17H25NOS/c1-3-15(18-12-17(20-2)8-4-9-17)13-5-6-16-14(11-13)7-10-19-16/h5-6,11,15,18H,3-4,7-10,12H2,1-2H3. The number of thioether (sulfide) groups is 1. The quantitative estimate of drug-likeness (QED) is 0.857. The third kappa shape index (κ3) is 2.71. The fourth-order valence-electron chi connectivity index (χ4n) is 3.25. The van der Waals surface area contributed by atoms with Crippen LogP contribution in [0.2, 0.25) is 0 Å². The molecule has 0 spiro atoms. The van der Waals surface area contributed by atoms with Crippen LogP contribution in [0.5, 0.6) is 5.75 Å². The topological polar surface area (TPSA) is 21.3 Å². The number of fused-ring (bicyclic) bond motifs is 1. The van der Waals surface area contributed by atoms with Gasteiger partial charge in [-0.25, -0.2) is 0 Å². The van der Waals surface area contributed by atoms with Crippen molar-refractivity contribution in [2.75, 3.05) is 19.4 Å². The number of ether oxygens (including phenoxy) is 1. The maximum atomic E-state index is 5.60. The van der Waals surface area contributed by atoms with Crippen molar-refractivity contribution in [1.82, 2.24) is 5.32 Å². The predicted octanol–water partition coefficient (Wildman–Crippen LogP) is 3.95. The van der Waals surface area contributed by atoms with Crippen molar-refractivity contribution < 1.29 is 4.74 Å². The highest BCUT2D eigenvalue weighted by Crippen LogP contribution is 2.42. The minimum atomic E-state index is 0.477. The molecule has 1 fully saturated rings. The van der Waals surface area contributed by atoms with Gasteiger partial charge in [-0.05, 0) is 42.7 Å². The van der Waals surface area contributed by atoms with Crippen LogP contribution in [0.3, 0.4) is 0 Å². The molecule has 1 aliphatic carbocycles. The molecule has 1 N–H and O–H groups in total. The summed E-state index contributed by atoms with van der Waals surface area (Å²) >= 11 is 2.04. The second-order valence-corrected chi connectivity index (χ2v) is 7.32. The van der Waals surface area contributed by atoms with Crippen LogP contribution in [0.25, 0.3) is 0 Å². The Labute approximate surface area is 126 Å². The molecule has 1 aromatic rings. The molecule has 1 unspecified atom stereocenters. The molecule has 0 amide bonds. The lowest BCUT2D eigenvalue weighted by atomic mass is 9.84. The van der Waals surface area contributed by atoms with Gasteiger partial charge in [0.25, 0.3) is 0 Å². The molecule has 110 valence electrons. The average molecular weight is 291 g/mol. The summed E-state index contributed by atoms with van der Waals surface area (Å²) in [6, 6.07) is 7.20. The number of nitrogens with one attached hydrogen (secondary N) is 1. The van der Waals surface area contributed by atoms with E-state index in [9.17, 15) is 0 Å². The molecular weight excluding hydrogens is 266 g/mol. The van der Waals surface area contributed by atoms with Gasteiger partial charge in [-0.15, -0.1) is 0 Å². The first-order valence-corrected chi connectivity index (χ1v) is 9.03. The fourth-order valence-corrected chi connectivity index (χ4v) is 4.18. The summed E-state index contributed by atoms with van der Waals surface area (Å²) < 4.78 is 6.11. The van der Waals surface area contributed by atoms with E-state index in [0.717, 1.165) is 31.7 Å². The zero-order valence-corrected chi connectivity index (χ0v) is 13.4. The van der Waals surface area contributed by atoms with E-state index in [1.807, 2.05) is 11.8 Å². The van der Waals surface area contributed by atoms with E-state index < -0.39 is 0 Å².